The van der Waals surface area contributed by atoms with Crippen molar-refractivity contribution in [1.29, 1.82) is 5.26 Å². The van der Waals surface area contributed by atoms with Gasteiger partial charge >= 0.3 is 6.18 Å². The van der Waals surface area contributed by atoms with Crippen molar-refractivity contribution in [2.24, 2.45) is 5.92 Å². The van der Waals surface area contributed by atoms with Crippen LogP contribution in [-0.4, -0.2) is 37.0 Å². The van der Waals surface area contributed by atoms with E-state index in [0.717, 1.165) is 44.5 Å². The number of nitriles is 1. The summed E-state index contributed by atoms with van der Waals surface area (Å²) in [5, 5.41) is 13.8. The second-order valence-electron chi connectivity index (χ2n) is 10.0. The largest absolute Gasteiger partial charge is 0.493 e. The Morgan fingerprint density at radius 1 is 1.18 bits per heavy atom. The topological polar surface area (TPSA) is 77.4 Å². The van der Waals surface area contributed by atoms with Crippen LogP contribution in [0.3, 0.4) is 0 Å². The molecule has 0 aromatic heterocycles. The molecule has 6 nitrogen and oxygen atoms in total. The van der Waals surface area contributed by atoms with E-state index in [-0.39, 0.29) is 16.4 Å². The van der Waals surface area contributed by atoms with Crippen LogP contribution in [0, 0.1) is 17.2 Å². The molecule has 2 heterocycles. The average molecular weight is 553 g/mol. The monoisotopic (exact) mass is 552 g/mol. The highest BCUT2D eigenvalue weighted by Gasteiger charge is 2.47. The van der Waals surface area contributed by atoms with Gasteiger partial charge in [0, 0.05) is 11.3 Å². The first kappa shape index (κ1) is 28.2. The van der Waals surface area contributed by atoms with Crippen LogP contribution in [-0.2, 0) is 17.4 Å². The number of aryl methyl sites for hydroxylation is 1. The lowest BCUT2D eigenvalue weighted by molar-refractivity contribution is -0.138. The molecule has 1 atom stereocenters. The molecule has 2 saturated heterocycles. The van der Waals surface area contributed by atoms with Crippen LogP contribution in [0.2, 0.25) is 0 Å². The lowest BCUT2D eigenvalue weighted by Gasteiger charge is -2.31. The number of hydrazine groups is 1. The van der Waals surface area contributed by atoms with Gasteiger partial charge < -0.3 is 10.1 Å². The summed E-state index contributed by atoms with van der Waals surface area (Å²) < 4.78 is 60.0. The molecule has 11 heteroatoms. The number of piperidine rings is 1. The number of rotatable bonds is 8. The predicted octanol–water partition coefficient (Wildman–Crippen LogP) is 5.46. The van der Waals surface area contributed by atoms with Crippen LogP contribution in [0.15, 0.2) is 41.3 Å². The number of anilines is 1. The third-order valence-electron chi connectivity index (χ3n) is 7.08. The summed E-state index contributed by atoms with van der Waals surface area (Å²) in [4.78, 5) is 16.7. The maximum Gasteiger partial charge on any atom is 0.417 e. The lowest BCUT2D eigenvalue weighted by Crippen LogP contribution is -2.46. The minimum Gasteiger partial charge on any atom is -0.493 e. The number of carbonyl (C=O) groups is 1. The normalized spacial score (nSPS) is 20.9. The quantitative estimate of drug-likeness (QED) is 0.298. The van der Waals surface area contributed by atoms with E-state index in [1.165, 1.54) is 6.07 Å². The van der Waals surface area contributed by atoms with Crippen LogP contribution in [0.25, 0.3) is 0 Å². The Bertz CT molecular complexity index is 1210. The Morgan fingerprint density at radius 3 is 2.58 bits per heavy atom. The Balaban J connectivity index is 1.56. The van der Waals surface area contributed by atoms with Crippen molar-refractivity contribution in [1.82, 2.24) is 10.1 Å². The van der Waals surface area contributed by atoms with Crippen molar-refractivity contribution < 1.29 is 27.1 Å². The summed E-state index contributed by atoms with van der Waals surface area (Å²) in [5.74, 6) is 1.19. The van der Waals surface area contributed by atoms with Gasteiger partial charge in [-0.3, -0.25) is 14.2 Å². The highest BCUT2D eigenvalue weighted by molar-refractivity contribution is 8.28. The molecular weight excluding hydrogens is 520 g/mol. The van der Waals surface area contributed by atoms with Gasteiger partial charge in [0.05, 0.1) is 36.2 Å². The summed E-state index contributed by atoms with van der Waals surface area (Å²) in [6, 6.07) is 10.2. The maximum absolute atomic E-state index is 13.5. The molecule has 2 aliphatic rings. The van der Waals surface area contributed by atoms with Gasteiger partial charge in [-0.1, -0.05) is 11.1 Å². The van der Waals surface area contributed by atoms with Crippen molar-refractivity contribution in [2.75, 3.05) is 31.4 Å². The van der Waals surface area contributed by atoms with E-state index in [2.05, 4.69) is 10.1 Å². The maximum atomic E-state index is 13.5. The van der Waals surface area contributed by atoms with E-state index < -0.39 is 40.6 Å². The fourth-order valence-corrected chi connectivity index (χ4v) is 6.98. The molecule has 0 aliphatic carbocycles. The highest BCUT2D eigenvalue weighted by atomic mass is 32.2. The minimum atomic E-state index is -4.72. The molecule has 1 unspecified atom stereocenters. The number of carbonyl (C=O) groups excluding carboxylic acids is 1. The first-order valence-electron chi connectivity index (χ1n) is 12.6. The van der Waals surface area contributed by atoms with Gasteiger partial charge in [-0.25, -0.2) is 0 Å². The molecule has 0 radical (unpaired) electrons. The van der Waals surface area contributed by atoms with E-state index in [9.17, 15) is 22.4 Å². The zero-order valence-corrected chi connectivity index (χ0v) is 22.3. The molecular formula is C27H32F4N4O2S. The number of benzene rings is 2. The smallest absolute Gasteiger partial charge is 0.417 e. The number of nitrogens with zero attached hydrogens (tertiary/aromatic N) is 2. The third-order valence-corrected chi connectivity index (χ3v) is 9.23. The van der Waals surface area contributed by atoms with Crippen LogP contribution in [0.5, 0.6) is 5.75 Å². The van der Waals surface area contributed by atoms with E-state index >= 15 is 0 Å². The summed E-state index contributed by atoms with van der Waals surface area (Å²) in [5.41, 5.74) is -1.39. The van der Waals surface area contributed by atoms with Gasteiger partial charge in [-0.15, -0.1) is 0 Å². The Kier molecular flexibility index (Phi) is 8.55. The van der Waals surface area contributed by atoms with Crippen molar-refractivity contribution in [3.05, 3.63) is 53.1 Å². The van der Waals surface area contributed by atoms with Crippen LogP contribution in [0.4, 0.5) is 23.2 Å². The van der Waals surface area contributed by atoms with Crippen molar-refractivity contribution >= 4 is 21.9 Å². The Labute approximate surface area is 222 Å². The molecule has 2 N–H and O–H groups in total. The van der Waals surface area contributed by atoms with Crippen molar-refractivity contribution in [2.45, 2.75) is 56.1 Å². The van der Waals surface area contributed by atoms with Crippen LogP contribution < -0.4 is 19.9 Å². The fraction of sp³-hybridized carbons (Fsp3) is 0.481. The summed E-state index contributed by atoms with van der Waals surface area (Å²) in [7, 11) is 0. The zero-order chi connectivity index (χ0) is 27.5. The minimum absolute atomic E-state index is 0.137. The lowest BCUT2D eigenvalue weighted by atomic mass is 9.95. The van der Waals surface area contributed by atoms with Gasteiger partial charge in [0.1, 0.15) is 11.3 Å². The Morgan fingerprint density at radius 2 is 1.92 bits per heavy atom. The van der Waals surface area contributed by atoms with Crippen molar-refractivity contribution in [3.63, 3.8) is 0 Å². The predicted molar refractivity (Wildman–Crippen MR) is 140 cm³/mol. The Hall–Kier alpha value is -2.81. The molecule has 206 valence electrons. The number of ether oxygens (including phenoxy) is 1. The van der Waals surface area contributed by atoms with E-state index in [1.807, 2.05) is 0 Å². The standard InChI is InChI=1S/C27H32F4N4O2S/c1-26(2)25(36)38(22-5-3-20(17-32)23(16-22)27(29,30)31)34-35(26)21-4-6-24(19(15-21)7-11-28)37-14-10-18-8-12-33-13-9-18/h3-6,15-16,18,33-34,38H,7-14H2,1-2H3. The van der Waals surface area contributed by atoms with Gasteiger partial charge in [-0.05, 0) is 94.1 Å². The highest BCUT2D eigenvalue weighted by Crippen LogP contribution is 2.48. The second-order valence-corrected chi connectivity index (χ2v) is 11.8. The molecule has 0 saturated carbocycles. The van der Waals surface area contributed by atoms with Gasteiger partial charge in [0.2, 0.25) is 5.12 Å². The molecule has 38 heavy (non-hydrogen) atoms. The first-order valence-corrected chi connectivity index (χ1v) is 13.9. The molecule has 0 amide bonds. The molecule has 2 fully saturated rings. The van der Waals surface area contributed by atoms with Crippen LogP contribution >= 0.6 is 11.1 Å². The van der Waals surface area contributed by atoms with E-state index in [0.29, 0.717) is 29.5 Å². The summed E-state index contributed by atoms with van der Waals surface area (Å²) >= 11 is -1.86. The molecule has 2 aromatic carbocycles. The zero-order valence-electron chi connectivity index (χ0n) is 21.4. The number of alkyl halides is 4. The third kappa shape index (κ3) is 5.92. The molecule has 2 aromatic rings. The number of thiol groups is 1. The molecule has 4 rings (SSSR count). The second kappa shape index (κ2) is 11.5. The molecule has 0 bridgehead atoms. The SMILES string of the molecule is CC1(C)C(=O)[SH](c2ccc(C#N)c(C(F)(F)F)c2)NN1c1ccc(OCCC2CCNCC2)c(CCF)c1. The molecule has 2 aliphatic heterocycles. The van der Waals surface area contributed by atoms with Gasteiger partial charge in [0.15, 0.2) is 0 Å². The number of nitrogens with one attached hydrogen (secondary N) is 2. The fourth-order valence-electron chi connectivity index (χ4n) is 4.85. The number of hydrogen-bond donors (Lipinski definition) is 3. The van der Waals surface area contributed by atoms with Gasteiger partial charge in [0.25, 0.3) is 0 Å². The van der Waals surface area contributed by atoms with Crippen LogP contribution in [0.1, 0.15) is 49.8 Å². The van der Waals surface area contributed by atoms with Gasteiger partial charge in [-0.2, -0.15) is 23.3 Å². The van der Waals surface area contributed by atoms with E-state index in [4.69, 9.17) is 10.00 Å². The first-order chi connectivity index (χ1) is 18.1. The summed E-state index contributed by atoms with van der Waals surface area (Å²) in [6.07, 6.45) is -1.45. The number of halogens is 4. The molecule has 0 spiro atoms. The number of hydrogen-bond acceptors (Lipinski definition) is 6. The summed E-state index contributed by atoms with van der Waals surface area (Å²) in [6.45, 7) is 5.34. The van der Waals surface area contributed by atoms with E-state index in [1.54, 1.807) is 43.1 Å². The average Bonchev–Trinajstić information content (AvgIpc) is 3.13. The van der Waals surface area contributed by atoms with Crippen molar-refractivity contribution in [3.8, 4) is 11.8 Å².